The molecule has 0 aliphatic carbocycles. The first-order valence-corrected chi connectivity index (χ1v) is 12.7. The second-order valence-corrected chi connectivity index (χ2v) is 10.1. The number of hydrogen-bond acceptors (Lipinski definition) is 9. The molecule has 1 aliphatic heterocycles. The molecule has 1 aromatic carbocycles. The van der Waals surface area contributed by atoms with Gasteiger partial charge in [-0.25, -0.2) is 4.98 Å². The minimum atomic E-state index is -1.28. The molecule has 1 saturated heterocycles. The first-order valence-electron chi connectivity index (χ1n) is 11.7. The zero-order valence-corrected chi connectivity index (χ0v) is 21.2. The van der Waals surface area contributed by atoms with Crippen molar-refractivity contribution < 1.29 is 28.5 Å². The van der Waals surface area contributed by atoms with Crippen LogP contribution in [0.2, 0.25) is 0 Å². The van der Waals surface area contributed by atoms with Gasteiger partial charge in [0.25, 0.3) is 5.91 Å². The molecule has 1 aromatic heterocycles. The summed E-state index contributed by atoms with van der Waals surface area (Å²) in [6, 6.07) is 8.24. The van der Waals surface area contributed by atoms with E-state index >= 15 is 0 Å². The maximum Gasteiger partial charge on any atom is 0.622 e. The molecule has 3 atom stereocenters. The average molecular weight is 512 g/mol. The summed E-state index contributed by atoms with van der Waals surface area (Å²) in [5, 5.41) is 5.02. The quantitative estimate of drug-likeness (QED) is 0.480. The van der Waals surface area contributed by atoms with Crippen LogP contribution in [0.1, 0.15) is 43.2 Å². The van der Waals surface area contributed by atoms with Crippen molar-refractivity contribution in [3.63, 3.8) is 0 Å². The molecule has 2 N–H and O–H groups in total. The van der Waals surface area contributed by atoms with Gasteiger partial charge in [-0.15, -0.1) is 11.8 Å². The van der Waals surface area contributed by atoms with E-state index in [4.69, 9.17) is 9.31 Å². The highest BCUT2D eigenvalue weighted by molar-refractivity contribution is 8.01. The summed E-state index contributed by atoms with van der Waals surface area (Å²) in [4.78, 5) is 58.8. The SMILES string of the molecule is CC(C)C[C@H](NC(=O)C(Cc1ccccc1)NC(=O)c1cnccn1)B1OC(=O)CSC(C)C(=O)O1. The van der Waals surface area contributed by atoms with Crippen molar-refractivity contribution in [2.45, 2.75) is 50.8 Å². The van der Waals surface area contributed by atoms with E-state index in [0.29, 0.717) is 6.42 Å². The maximum atomic E-state index is 13.5. The van der Waals surface area contributed by atoms with Crippen molar-refractivity contribution in [3.8, 4) is 0 Å². The summed E-state index contributed by atoms with van der Waals surface area (Å²) in [5.41, 5.74) is 0.892. The molecule has 2 heterocycles. The molecule has 190 valence electrons. The van der Waals surface area contributed by atoms with Gasteiger partial charge < -0.3 is 19.9 Å². The summed E-state index contributed by atoms with van der Waals surface area (Å²) in [7, 11) is -1.28. The van der Waals surface area contributed by atoms with Crippen molar-refractivity contribution in [3.05, 3.63) is 60.2 Å². The Morgan fingerprint density at radius 1 is 1.14 bits per heavy atom. The molecule has 1 aliphatic rings. The Kier molecular flexibility index (Phi) is 9.86. The molecule has 2 unspecified atom stereocenters. The van der Waals surface area contributed by atoms with Crippen molar-refractivity contribution in [2.24, 2.45) is 5.92 Å². The van der Waals surface area contributed by atoms with Crippen LogP contribution in [0.4, 0.5) is 0 Å². The zero-order valence-electron chi connectivity index (χ0n) is 20.4. The van der Waals surface area contributed by atoms with E-state index in [9.17, 15) is 19.2 Å². The Labute approximate surface area is 214 Å². The number of rotatable bonds is 9. The summed E-state index contributed by atoms with van der Waals surface area (Å²) in [6.45, 7) is 5.51. The van der Waals surface area contributed by atoms with E-state index in [-0.39, 0.29) is 23.8 Å². The van der Waals surface area contributed by atoms with Crippen molar-refractivity contribution in [1.82, 2.24) is 20.6 Å². The Hall–Kier alpha value is -3.41. The second kappa shape index (κ2) is 13.1. The fourth-order valence-electron chi connectivity index (χ4n) is 3.56. The van der Waals surface area contributed by atoms with Crippen molar-refractivity contribution in [1.29, 1.82) is 0 Å². The molecule has 2 amide bonds. The van der Waals surface area contributed by atoms with Crippen LogP contribution in [-0.4, -0.2) is 63.8 Å². The predicted octanol–water partition coefficient (Wildman–Crippen LogP) is 1.60. The van der Waals surface area contributed by atoms with Crippen molar-refractivity contribution in [2.75, 3.05) is 5.75 Å². The predicted molar refractivity (Wildman–Crippen MR) is 135 cm³/mol. The van der Waals surface area contributed by atoms with E-state index in [2.05, 4.69) is 20.6 Å². The standard InChI is InChI=1S/C24H29BN4O6S/c1-15(2)11-20(25-34-21(30)14-36-16(3)24(33)35-25)29-22(31)18(12-17-7-5-4-6-8-17)28-23(32)19-13-26-9-10-27-19/h4-10,13,15-16,18,20H,11-12,14H2,1-3H3,(H,28,32)(H,29,31)/t16?,18?,20-/m0/s1. The third-order valence-corrected chi connectivity index (χ3v) is 6.44. The van der Waals surface area contributed by atoms with E-state index in [1.807, 2.05) is 44.2 Å². The molecule has 2 aromatic rings. The maximum absolute atomic E-state index is 13.5. The van der Waals surface area contributed by atoms with Crippen LogP contribution in [0.5, 0.6) is 0 Å². The minimum absolute atomic E-state index is 0.0000869. The fraction of sp³-hybridized carbons (Fsp3) is 0.417. The highest BCUT2D eigenvalue weighted by Crippen LogP contribution is 2.19. The first-order chi connectivity index (χ1) is 17.2. The molecule has 0 spiro atoms. The van der Waals surface area contributed by atoms with Gasteiger partial charge >= 0.3 is 19.1 Å². The number of aromatic nitrogens is 2. The normalized spacial score (nSPS) is 17.8. The van der Waals surface area contributed by atoms with E-state index in [1.54, 1.807) is 6.92 Å². The molecule has 0 radical (unpaired) electrons. The first kappa shape index (κ1) is 27.2. The Balaban J connectivity index is 1.82. The van der Waals surface area contributed by atoms with E-state index in [1.165, 1.54) is 18.6 Å². The second-order valence-electron chi connectivity index (χ2n) is 8.80. The zero-order chi connectivity index (χ0) is 26.1. The largest absolute Gasteiger partial charge is 0.622 e. The van der Waals surface area contributed by atoms with Gasteiger partial charge in [0.1, 0.15) is 11.7 Å². The van der Waals surface area contributed by atoms with Gasteiger partial charge in [-0.3, -0.25) is 24.2 Å². The molecule has 12 heteroatoms. The van der Waals surface area contributed by atoms with Crippen LogP contribution in [0, 0.1) is 5.92 Å². The topological polar surface area (TPSA) is 137 Å². The lowest BCUT2D eigenvalue weighted by Gasteiger charge is -2.29. The Bertz CT molecular complexity index is 1060. The van der Waals surface area contributed by atoms with Crippen LogP contribution >= 0.6 is 11.8 Å². The molecule has 0 saturated carbocycles. The summed E-state index contributed by atoms with van der Waals surface area (Å²) in [5.74, 6) is -2.88. The van der Waals surface area contributed by atoms with Crippen LogP contribution in [0.15, 0.2) is 48.9 Å². The van der Waals surface area contributed by atoms with Crippen LogP contribution in [0.25, 0.3) is 0 Å². The third kappa shape index (κ3) is 8.08. The molecule has 0 bridgehead atoms. The van der Waals surface area contributed by atoms with Gasteiger partial charge in [0.2, 0.25) is 5.91 Å². The summed E-state index contributed by atoms with van der Waals surface area (Å²) in [6.07, 6.45) is 4.70. The van der Waals surface area contributed by atoms with Crippen LogP contribution in [-0.2, 0) is 30.1 Å². The third-order valence-electron chi connectivity index (χ3n) is 5.34. The number of hydrogen-bond donors (Lipinski definition) is 2. The minimum Gasteiger partial charge on any atom is -0.497 e. The van der Waals surface area contributed by atoms with Gasteiger partial charge in [0.05, 0.1) is 23.1 Å². The van der Waals surface area contributed by atoms with E-state index < -0.39 is 48.1 Å². The molecule has 3 rings (SSSR count). The van der Waals surface area contributed by atoms with Gasteiger partial charge in [-0.1, -0.05) is 44.2 Å². The fourth-order valence-corrected chi connectivity index (χ4v) is 4.21. The van der Waals surface area contributed by atoms with Crippen LogP contribution in [0.3, 0.4) is 0 Å². The lowest BCUT2D eigenvalue weighted by molar-refractivity contribution is -0.140. The summed E-state index contributed by atoms with van der Waals surface area (Å²) < 4.78 is 10.9. The molecular weight excluding hydrogens is 483 g/mol. The van der Waals surface area contributed by atoms with Gasteiger partial charge in [-0.05, 0) is 24.8 Å². The number of amides is 2. The van der Waals surface area contributed by atoms with Crippen LogP contribution < -0.4 is 10.6 Å². The Morgan fingerprint density at radius 3 is 2.56 bits per heavy atom. The monoisotopic (exact) mass is 512 g/mol. The molecule has 36 heavy (non-hydrogen) atoms. The van der Waals surface area contributed by atoms with Gasteiger partial charge in [0.15, 0.2) is 0 Å². The molecular formula is C24H29BN4O6S. The molecule has 1 fully saturated rings. The lowest BCUT2D eigenvalue weighted by atomic mass is 9.73. The number of nitrogens with one attached hydrogen (secondary N) is 2. The summed E-state index contributed by atoms with van der Waals surface area (Å²) >= 11 is 1.13. The highest BCUT2D eigenvalue weighted by atomic mass is 32.2. The van der Waals surface area contributed by atoms with Gasteiger partial charge in [0, 0.05) is 18.8 Å². The number of thioether (sulfide) groups is 1. The average Bonchev–Trinajstić information content (AvgIpc) is 2.86. The van der Waals surface area contributed by atoms with Gasteiger partial charge in [-0.2, -0.15) is 0 Å². The molecule has 10 nitrogen and oxygen atoms in total. The highest BCUT2D eigenvalue weighted by Gasteiger charge is 2.42. The number of carbonyl (C=O) groups excluding carboxylic acids is 4. The smallest absolute Gasteiger partial charge is 0.497 e. The number of carbonyl (C=O) groups is 4. The lowest BCUT2D eigenvalue weighted by Crippen LogP contribution is -2.57. The Morgan fingerprint density at radius 2 is 1.89 bits per heavy atom. The number of nitrogens with zero attached hydrogens (tertiary/aromatic N) is 2. The van der Waals surface area contributed by atoms with E-state index in [0.717, 1.165) is 17.3 Å². The van der Waals surface area contributed by atoms with Crippen molar-refractivity contribution >= 4 is 42.6 Å². The number of benzene rings is 1.